The molecule has 5 rings (SSSR count). The first-order valence-electron chi connectivity index (χ1n) is 10.9. The molecule has 0 spiro atoms. The number of amides is 1. The number of halogens is 2. The summed E-state index contributed by atoms with van der Waals surface area (Å²) in [5.41, 5.74) is 7.16. The zero-order valence-electron chi connectivity index (χ0n) is 18.7. The summed E-state index contributed by atoms with van der Waals surface area (Å²) in [5, 5.41) is 11.9. The lowest BCUT2D eigenvalue weighted by Crippen LogP contribution is -2.18. The van der Waals surface area contributed by atoms with Crippen LogP contribution in [-0.2, 0) is 0 Å². The molecule has 1 N–H and O–H groups in total. The van der Waals surface area contributed by atoms with Crippen LogP contribution in [-0.4, -0.2) is 21.9 Å². The van der Waals surface area contributed by atoms with E-state index in [-0.39, 0.29) is 5.69 Å². The third-order valence-corrected chi connectivity index (χ3v) is 6.25. The Balaban J connectivity index is 1.55. The van der Waals surface area contributed by atoms with E-state index >= 15 is 0 Å². The molecule has 0 aliphatic carbocycles. The van der Waals surface area contributed by atoms with Gasteiger partial charge < -0.3 is 0 Å². The molecule has 0 aliphatic heterocycles. The topological polar surface area (TPSA) is 59.3 Å². The number of fused-ring (bicyclic) bond motifs is 1. The summed E-state index contributed by atoms with van der Waals surface area (Å²) < 4.78 is 1.81. The number of hydrogen-bond acceptors (Lipinski definition) is 3. The van der Waals surface area contributed by atoms with E-state index in [0.717, 1.165) is 33.3 Å². The fourth-order valence-corrected chi connectivity index (χ4v) is 4.40. The summed E-state index contributed by atoms with van der Waals surface area (Å²) in [5.74, 6) is -0.430. The first-order valence-corrected chi connectivity index (χ1v) is 11.7. The second kappa shape index (κ2) is 9.74. The van der Waals surface area contributed by atoms with Crippen molar-refractivity contribution < 1.29 is 4.79 Å². The van der Waals surface area contributed by atoms with Gasteiger partial charge in [0.2, 0.25) is 0 Å². The van der Waals surface area contributed by atoms with Gasteiger partial charge in [-0.05, 0) is 47.5 Å². The summed E-state index contributed by atoms with van der Waals surface area (Å²) in [6.07, 6.45) is 1.47. The molecule has 5 aromatic rings. The van der Waals surface area contributed by atoms with Crippen molar-refractivity contribution in [1.29, 1.82) is 0 Å². The Morgan fingerprint density at radius 2 is 1.71 bits per heavy atom. The number of hydrazone groups is 1. The van der Waals surface area contributed by atoms with Crippen molar-refractivity contribution >= 4 is 46.1 Å². The Hall–Kier alpha value is -3.93. The van der Waals surface area contributed by atoms with Gasteiger partial charge >= 0.3 is 0 Å². The molecule has 0 fully saturated rings. The van der Waals surface area contributed by atoms with Gasteiger partial charge in [0, 0.05) is 16.1 Å². The molecule has 1 aromatic heterocycles. The Labute approximate surface area is 212 Å². The third-order valence-electron chi connectivity index (χ3n) is 5.68. The molecule has 4 aromatic carbocycles. The number of aryl methyl sites for hydroxylation is 1. The average molecular weight is 499 g/mol. The monoisotopic (exact) mass is 498 g/mol. The highest BCUT2D eigenvalue weighted by molar-refractivity contribution is 6.36. The van der Waals surface area contributed by atoms with Crippen molar-refractivity contribution in [2.24, 2.45) is 5.10 Å². The molecule has 1 heterocycles. The molecule has 35 heavy (non-hydrogen) atoms. The van der Waals surface area contributed by atoms with Crippen molar-refractivity contribution in [3.63, 3.8) is 0 Å². The van der Waals surface area contributed by atoms with Crippen LogP contribution in [0, 0.1) is 6.92 Å². The molecule has 0 saturated carbocycles. The lowest BCUT2D eigenvalue weighted by Gasteiger charge is -2.12. The molecule has 0 radical (unpaired) electrons. The molecular formula is C28H20Cl2N4O. The Bertz CT molecular complexity index is 1580. The normalized spacial score (nSPS) is 11.3. The van der Waals surface area contributed by atoms with Crippen molar-refractivity contribution in [1.82, 2.24) is 15.2 Å². The van der Waals surface area contributed by atoms with Crippen LogP contribution in [0.4, 0.5) is 0 Å². The molecule has 5 nitrogen and oxygen atoms in total. The Morgan fingerprint density at radius 1 is 0.943 bits per heavy atom. The van der Waals surface area contributed by atoms with E-state index in [1.54, 1.807) is 24.3 Å². The number of nitrogens with one attached hydrogen (secondary N) is 1. The van der Waals surface area contributed by atoms with Gasteiger partial charge in [-0.3, -0.25) is 4.79 Å². The lowest BCUT2D eigenvalue weighted by molar-refractivity contribution is 0.0949. The number of carbonyl (C=O) groups excluding carboxylic acids is 1. The molecule has 0 unspecified atom stereocenters. The van der Waals surface area contributed by atoms with Gasteiger partial charge in [-0.15, -0.1) is 0 Å². The molecule has 1 amide bonds. The van der Waals surface area contributed by atoms with E-state index in [4.69, 9.17) is 23.2 Å². The molecule has 172 valence electrons. The van der Waals surface area contributed by atoms with Crippen molar-refractivity contribution in [3.8, 4) is 16.9 Å². The van der Waals surface area contributed by atoms with E-state index in [1.807, 2.05) is 60.1 Å². The maximum Gasteiger partial charge on any atom is 0.291 e. The number of benzene rings is 4. The zero-order valence-corrected chi connectivity index (χ0v) is 20.3. The minimum Gasteiger partial charge on any atom is -0.265 e. The third kappa shape index (κ3) is 4.69. The fourth-order valence-electron chi connectivity index (χ4n) is 3.94. The van der Waals surface area contributed by atoms with Crippen LogP contribution >= 0.6 is 23.2 Å². The summed E-state index contributed by atoms with van der Waals surface area (Å²) in [6, 6.07) is 29.0. The standard InChI is InChI=1S/C28H20Cl2N4O/c1-18-7-2-5-12-26(18)34-27(23-11-6-9-19-8-3-4-10-22(19)23)16-25(33-34)28(35)32-31-17-20-13-14-21(29)15-24(20)30/h2-17H,1H3,(H,32,35)/b31-17-. The highest BCUT2D eigenvalue weighted by atomic mass is 35.5. The molecule has 0 aliphatic rings. The minimum atomic E-state index is -0.430. The average Bonchev–Trinajstić information content (AvgIpc) is 3.30. The smallest absolute Gasteiger partial charge is 0.265 e. The van der Waals surface area contributed by atoms with Gasteiger partial charge in [-0.25, -0.2) is 10.1 Å². The number of rotatable bonds is 5. The fraction of sp³-hybridized carbons (Fsp3) is 0.0357. The lowest BCUT2D eigenvalue weighted by atomic mass is 10.0. The van der Waals surface area contributed by atoms with Gasteiger partial charge in [0.1, 0.15) is 0 Å². The van der Waals surface area contributed by atoms with Crippen molar-refractivity contribution in [2.75, 3.05) is 0 Å². The summed E-state index contributed by atoms with van der Waals surface area (Å²) in [7, 11) is 0. The van der Waals surface area contributed by atoms with E-state index in [1.165, 1.54) is 6.21 Å². The summed E-state index contributed by atoms with van der Waals surface area (Å²) >= 11 is 12.1. The van der Waals surface area contributed by atoms with E-state index in [2.05, 4.69) is 33.8 Å². The second-order valence-corrected chi connectivity index (χ2v) is 8.85. The number of para-hydroxylation sites is 1. The van der Waals surface area contributed by atoms with Crippen molar-refractivity contribution in [2.45, 2.75) is 6.92 Å². The van der Waals surface area contributed by atoms with Crippen LogP contribution in [0.15, 0.2) is 96.1 Å². The summed E-state index contributed by atoms with van der Waals surface area (Å²) in [6.45, 7) is 2.02. The SMILES string of the molecule is Cc1ccccc1-n1nc(C(=O)N/N=C\c2ccc(Cl)cc2Cl)cc1-c1cccc2ccccc12. The minimum absolute atomic E-state index is 0.246. The second-order valence-electron chi connectivity index (χ2n) is 8.00. The first-order chi connectivity index (χ1) is 17.0. The highest BCUT2D eigenvalue weighted by Gasteiger charge is 2.19. The Kier molecular flexibility index (Phi) is 6.36. The molecule has 0 atom stereocenters. The molecule has 0 saturated heterocycles. The van der Waals surface area contributed by atoms with E-state index in [9.17, 15) is 4.79 Å². The van der Waals surface area contributed by atoms with Crippen LogP contribution in [0.25, 0.3) is 27.7 Å². The Morgan fingerprint density at radius 3 is 2.54 bits per heavy atom. The predicted octanol–water partition coefficient (Wildman–Crippen LogP) is 7.07. The highest BCUT2D eigenvalue weighted by Crippen LogP contribution is 2.31. The maximum atomic E-state index is 13.0. The number of carbonyl (C=O) groups is 1. The van der Waals surface area contributed by atoms with Gasteiger partial charge in [-0.1, -0.05) is 89.9 Å². The quantitative estimate of drug-likeness (QED) is 0.208. The van der Waals surface area contributed by atoms with Gasteiger partial charge in [0.05, 0.1) is 22.6 Å². The van der Waals surface area contributed by atoms with Crippen LogP contribution < -0.4 is 5.43 Å². The van der Waals surface area contributed by atoms with Crippen LogP contribution in [0.3, 0.4) is 0 Å². The predicted molar refractivity (Wildman–Crippen MR) is 143 cm³/mol. The van der Waals surface area contributed by atoms with Gasteiger partial charge in [-0.2, -0.15) is 10.2 Å². The van der Waals surface area contributed by atoms with Gasteiger partial charge in [0.15, 0.2) is 5.69 Å². The van der Waals surface area contributed by atoms with Crippen LogP contribution in [0.5, 0.6) is 0 Å². The molecular weight excluding hydrogens is 479 g/mol. The van der Waals surface area contributed by atoms with Crippen molar-refractivity contribution in [3.05, 3.63) is 118 Å². The maximum absolute atomic E-state index is 13.0. The van der Waals surface area contributed by atoms with Crippen LogP contribution in [0.1, 0.15) is 21.6 Å². The van der Waals surface area contributed by atoms with Crippen LogP contribution in [0.2, 0.25) is 10.0 Å². The largest absolute Gasteiger partial charge is 0.291 e. The number of hydrogen-bond donors (Lipinski definition) is 1. The molecule has 7 heteroatoms. The number of nitrogens with zero attached hydrogens (tertiary/aromatic N) is 3. The summed E-state index contributed by atoms with van der Waals surface area (Å²) in [4.78, 5) is 13.0. The first kappa shape index (κ1) is 22.8. The van der Waals surface area contributed by atoms with Gasteiger partial charge in [0.25, 0.3) is 5.91 Å². The zero-order chi connectivity index (χ0) is 24.4. The number of aromatic nitrogens is 2. The van der Waals surface area contributed by atoms with E-state index < -0.39 is 5.91 Å². The van der Waals surface area contributed by atoms with E-state index in [0.29, 0.717) is 15.6 Å². The molecule has 0 bridgehead atoms.